The fourth-order valence-electron chi connectivity index (χ4n) is 2.22. The third-order valence-corrected chi connectivity index (χ3v) is 3.78. The number of benzene rings is 1. The number of hydrogen-bond donors (Lipinski definition) is 0. The molecule has 0 saturated carbocycles. The molecule has 2 aromatic rings. The van der Waals surface area contributed by atoms with Crippen LogP contribution in [0.2, 0.25) is 5.02 Å². The average molecular weight is 319 g/mol. The molecule has 0 radical (unpaired) electrons. The van der Waals surface area contributed by atoms with Crippen LogP contribution in [-0.2, 0) is 11.6 Å². The Labute approximate surface area is 127 Å². The fraction of sp³-hybridized carbons (Fsp3) is 0.500. The van der Waals surface area contributed by atoms with Crippen molar-refractivity contribution in [3.63, 3.8) is 0 Å². The van der Waals surface area contributed by atoms with E-state index in [0.717, 1.165) is 6.07 Å². The minimum absolute atomic E-state index is 0.0282. The second-order valence-electron chi connectivity index (χ2n) is 6.59. The van der Waals surface area contributed by atoms with Gasteiger partial charge in [-0.1, -0.05) is 46.2 Å². The molecule has 0 aliphatic heterocycles. The highest BCUT2D eigenvalue weighted by molar-refractivity contribution is 6.36. The molecule has 0 atom stereocenters. The largest absolute Gasteiger partial charge is 0.458 e. The van der Waals surface area contributed by atoms with Crippen molar-refractivity contribution in [2.24, 2.45) is 0 Å². The summed E-state index contributed by atoms with van der Waals surface area (Å²) in [5.74, 6) is 0.352. The molecule has 0 aliphatic rings. The number of alkyl halides is 3. The zero-order valence-corrected chi connectivity index (χ0v) is 13.4. The van der Waals surface area contributed by atoms with Crippen LogP contribution >= 0.6 is 11.6 Å². The van der Waals surface area contributed by atoms with Gasteiger partial charge < -0.3 is 4.42 Å². The lowest BCUT2D eigenvalue weighted by atomic mass is 9.92. The fourth-order valence-corrected chi connectivity index (χ4v) is 2.68. The van der Waals surface area contributed by atoms with E-state index < -0.39 is 17.2 Å². The van der Waals surface area contributed by atoms with Crippen molar-refractivity contribution < 1.29 is 17.6 Å². The van der Waals surface area contributed by atoms with Gasteiger partial charge in [0.25, 0.3) is 0 Å². The Morgan fingerprint density at radius 2 is 1.67 bits per heavy atom. The molecule has 1 aromatic heterocycles. The van der Waals surface area contributed by atoms with Gasteiger partial charge in [0, 0.05) is 10.8 Å². The van der Waals surface area contributed by atoms with Crippen molar-refractivity contribution in [3.8, 4) is 0 Å². The molecule has 0 spiro atoms. The highest BCUT2D eigenvalue weighted by Crippen LogP contribution is 2.44. The summed E-state index contributed by atoms with van der Waals surface area (Å²) in [6.07, 6.45) is -4.47. The van der Waals surface area contributed by atoms with Crippen LogP contribution in [0.25, 0.3) is 11.0 Å². The number of halogens is 4. The van der Waals surface area contributed by atoms with Gasteiger partial charge >= 0.3 is 6.18 Å². The maximum atomic E-state index is 13.3. The van der Waals surface area contributed by atoms with E-state index in [1.54, 1.807) is 6.07 Å². The molecule has 21 heavy (non-hydrogen) atoms. The van der Waals surface area contributed by atoms with Crippen LogP contribution < -0.4 is 0 Å². The molecule has 5 heteroatoms. The average Bonchev–Trinajstić information content (AvgIpc) is 2.64. The van der Waals surface area contributed by atoms with E-state index in [9.17, 15) is 13.2 Å². The molecule has 0 N–H and O–H groups in total. The van der Waals surface area contributed by atoms with Gasteiger partial charge in [-0.15, -0.1) is 0 Å². The van der Waals surface area contributed by atoms with Crippen molar-refractivity contribution in [3.05, 3.63) is 34.0 Å². The molecule has 2 rings (SSSR count). The van der Waals surface area contributed by atoms with E-state index in [0.29, 0.717) is 16.7 Å². The predicted octanol–water partition coefficient (Wildman–Crippen LogP) is 6.53. The molecule has 0 aliphatic carbocycles. The lowest BCUT2D eigenvalue weighted by Gasteiger charge is -2.15. The molecular weight excluding hydrogens is 301 g/mol. The summed E-state index contributed by atoms with van der Waals surface area (Å²) in [4.78, 5) is 0. The molecule has 1 heterocycles. The van der Waals surface area contributed by atoms with Crippen LogP contribution in [0.4, 0.5) is 13.2 Å². The van der Waals surface area contributed by atoms with Crippen molar-refractivity contribution in [1.29, 1.82) is 0 Å². The van der Waals surface area contributed by atoms with Crippen LogP contribution in [0.1, 0.15) is 57.4 Å². The summed E-state index contributed by atoms with van der Waals surface area (Å²) in [6, 6.07) is 2.84. The summed E-state index contributed by atoms with van der Waals surface area (Å²) >= 11 is 6.28. The van der Waals surface area contributed by atoms with Gasteiger partial charge in [-0.05, 0) is 23.6 Å². The molecule has 0 saturated heterocycles. The molecule has 1 aromatic carbocycles. The first kappa shape index (κ1) is 16.2. The van der Waals surface area contributed by atoms with Crippen molar-refractivity contribution >= 4 is 22.6 Å². The second-order valence-corrected chi connectivity index (χ2v) is 6.97. The number of furan rings is 1. The molecule has 1 nitrogen and oxygen atoms in total. The second kappa shape index (κ2) is 4.94. The van der Waals surface area contributed by atoms with Crippen molar-refractivity contribution in [2.75, 3.05) is 0 Å². The summed E-state index contributed by atoms with van der Waals surface area (Å²) in [5.41, 5.74) is -0.808. The quantitative estimate of drug-likeness (QED) is 0.583. The topological polar surface area (TPSA) is 13.1 Å². The molecular formula is C16H18ClF3O. The van der Waals surface area contributed by atoms with E-state index in [2.05, 4.69) is 0 Å². The molecule has 0 amide bonds. The van der Waals surface area contributed by atoms with E-state index in [-0.39, 0.29) is 16.5 Å². The highest BCUT2D eigenvalue weighted by Gasteiger charge is 2.37. The Balaban J connectivity index is 2.89. The summed E-state index contributed by atoms with van der Waals surface area (Å²) in [5, 5.41) is 0.602. The van der Waals surface area contributed by atoms with E-state index in [1.807, 2.05) is 34.6 Å². The van der Waals surface area contributed by atoms with Crippen LogP contribution in [0.3, 0.4) is 0 Å². The SMILES string of the molecule is CC(C)c1cc(C(F)(F)F)c2oc(C(C)(C)C)c(Cl)c2c1. The van der Waals surface area contributed by atoms with Gasteiger partial charge in [-0.25, -0.2) is 0 Å². The molecule has 0 unspecified atom stereocenters. The lowest BCUT2D eigenvalue weighted by Crippen LogP contribution is -2.10. The van der Waals surface area contributed by atoms with Crippen LogP contribution in [-0.4, -0.2) is 0 Å². The van der Waals surface area contributed by atoms with Crippen LogP contribution in [0, 0.1) is 0 Å². The maximum Gasteiger partial charge on any atom is 0.420 e. The smallest absolute Gasteiger partial charge is 0.420 e. The van der Waals surface area contributed by atoms with Gasteiger partial charge in [-0.3, -0.25) is 0 Å². The minimum Gasteiger partial charge on any atom is -0.458 e. The van der Waals surface area contributed by atoms with Gasteiger partial charge in [0.05, 0.1) is 10.6 Å². The lowest BCUT2D eigenvalue weighted by molar-refractivity contribution is -0.136. The molecule has 116 valence electrons. The normalized spacial score (nSPS) is 13.4. The first-order chi connectivity index (χ1) is 9.43. The number of hydrogen-bond acceptors (Lipinski definition) is 1. The third-order valence-electron chi connectivity index (χ3n) is 3.40. The minimum atomic E-state index is -4.47. The monoisotopic (exact) mass is 318 g/mol. The van der Waals surface area contributed by atoms with Gasteiger partial charge in [-0.2, -0.15) is 13.2 Å². The first-order valence-electron chi connectivity index (χ1n) is 6.76. The first-order valence-corrected chi connectivity index (χ1v) is 7.14. The Bertz CT molecular complexity index is 675. The summed E-state index contributed by atoms with van der Waals surface area (Å²) < 4.78 is 45.4. The summed E-state index contributed by atoms with van der Waals surface area (Å²) in [7, 11) is 0. The Hall–Kier alpha value is -1.16. The number of rotatable bonds is 1. The third kappa shape index (κ3) is 2.91. The van der Waals surface area contributed by atoms with Crippen LogP contribution in [0.5, 0.6) is 0 Å². The van der Waals surface area contributed by atoms with Crippen LogP contribution in [0.15, 0.2) is 16.5 Å². The Kier molecular flexibility index (Phi) is 3.81. The Morgan fingerprint density at radius 1 is 1.10 bits per heavy atom. The number of fused-ring (bicyclic) bond motifs is 1. The molecule has 0 bridgehead atoms. The zero-order valence-electron chi connectivity index (χ0n) is 12.7. The van der Waals surface area contributed by atoms with Gasteiger partial charge in [0.1, 0.15) is 11.3 Å². The van der Waals surface area contributed by atoms with Crippen molar-refractivity contribution in [2.45, 2.75) is 52.1 Å². The Morgan fingerprint density at radius 3 is 2.10 bits per heavy atom. The standard InChI is InChI=1S/C16H18ClF3O/c1-8(2)9-6-10-12(17)14(15(3,4)5)21-13(10)11(7-9)16(18,19)20/h6-8H,1-5H3. The van der Waals surface area contributed by atoms with Gasteiger partial charge in [0.2, 0.25) is 0 Å². The maximum absolute atomic E-state index is 13.3. The zero-order chi connectivity index (χ0) is 16.2. The van der Waals surface area contributed by atoms with E-state index in [1.165, 1.54) is 0 Å². The van der Waals surface area contributed by atoms with E-state index >= 15 is 0 Å². The van der Waals surface area contributed by atoms with Crippen molar-refractivity contribution in [1.82, 2.24) is 0 Å². The summed E-state index contributed by atoms with van der Waals surface area (Å²) in [6.45, 7) is 9.26. The highest BCUT2D eigenvalue weighted by atomic mass is 35.5. The van der Waals surface area contributed by atoms with Gasteiger partial charge in [0.15, 0.2) is 0 Å². The van der Waals surface area contributed by atoms with E-state index in [4.69, 9.17) is 16.0 Å². The molecule has 0 fully saturated rings. The predicted molar refractivity (Wildman–Crippen MR) is 79.0 cm³/mol.